The fraction of sp³-hybridized carbons (Fsp3) is 0.429. The molecule has 106 valence electrons. The van der Waals surface area contributed by atoms with Crippen molar-refractivity contribution in [3.8, 4) is 0 Å². The van der Waals surface area contributed by atoms with Crippen molar-refractivity contribution in [2.45, 2.75) is 39.3 Å². The molecule has 1 aromatic carbocycles. The second-order valence-electron chi connectivity index (χ2n) is 3.91. The molecular formula is C14H17F3O2. The fourth-order valence-corrected chi connectivity index (χ4v) is 1.50. The molecule has 5 heteroatoms. The number of carbonyl (C=O) groups is 2. The number of hydrogen-bond donors (Lipinski definition) is 0. The average Bonchev–Trinajstić information content (AvgIpc) is 2.33. The lowest BCUT2D eigenvalue weighted by Crippen LogP contribution is -2.06. The first-order chi connectivity index (χ1) is 8.45. The van der Waals surface area contributed by atoms with E-state index in [9.17, 15) is 22.8 Å². The Hall–Kier alpha value is -1.65. The van der Waals surface area contributed by atoms with E-state index in [1.54, 1.807) is 0 Å². The molecule has 2 nitrogen and oxygen atoms in total. The van der Waals surface area contributed by atoms with Crippen LogP contribution in [0.25, 0.3) is 0 Å². The van der Waals surface area contributed by atoms with E-state index in [0.717, 1.165) is 18.4 Å². The molecule has 0 saturated heterocycles. The monoisotopic (exact) mass is 274 g/mol. The number of halogens is 3. The Morgan fingerprint density at radius 3 is 2.16 bits per heavy atom. The molecule has 0 N–H and O–H groups in total. The SMILES string of the molecule is C.O=CCCCCC(=O)c1ccc(C(F)(F)F)cc1. The molecular weight excluding hydrogens is 257 g/mol. The second kappa shape index (κ2) is 7.71. The molecule has 0 radical (unpaired) electrons. The van der Waals surface area contributed by atoms with Crippen LogP contribution in [0.3, 0.4) is 0 Å². The zero-order valence-corrected chi connectivity index (χ0v) is 9.67. The minimum atomic E-state index is -4.38. The molecule has 0 heterocycles. The molecule has 0 atom stereocenters. The first-order valence-corrected chi connectivity index (χ1v) is 5.59. The van der Waals surface area contributed by atoms with Crippen molar-refractivity contribution in [1.29, 1.82) is 0 Å². The molecule has 0 aromatic heterocycles. The van der Waals surface area contributed by atoms with Crippen LogP contribution >= 0.6 is 0 Å². The Morgan fingerprint density at radius 1 is 1.11 bits per heavy atom. The summed E-state index contributed by atoms with van der Waals surface area (Å²) in [5.41, 5.74) is -0.492. The van der Waals surface area contributed by atoms with E-state index in [0.29, 0.717) is 19.3 Å². The number of rotatable bonds is 6. The Labute approximate surface area is 110 Å². The number of aldehydes is 1. The molecule has 0 aliphatic rings. The molecule has 0 bridgehead atoms. The van der Waals surface area contributed by atoms with Crippen molar-refractivity contribution in [1.82, 2.24) is 0 Å². The third kappa shape index (κ3) is 5.68. The van der Waals surface area contributed by atoms with Crippen LogP contribution in [-0.4, -0.2) is 12.1 Å². The third-order valence-electron chi connectivity index (χ3n) is 2.51. The van der Waals surface area contributed by atoms with Crippen LogP contribution in [-0.2, 0) is 11.0 Å². The summed E-state index contributed by atoms with van der Waals surface area (Å²) in [5, 5.41) is 0. The van der Waals surface area contributed by atoms with Gasteiger partial charge in [0, 0.05) is 18.4 Å². The van der Waals surface area contributed by atoms with Crippen molar-refractivity contribution in [3.05, 3.63) is 35.4 Å². The third-order valence-corrected chi connectivity index (χ3v) is 2.51. The van der Waals surface area contributed by atoms with Crippen LogP contribution in [0.15, 0.2) is 24.3 Å². The van der Waals surface area contributed by atoms with Gasteiger partial charge in [0.2, 0.25) is 0 Å². The number of benzene rings is 1. The highest BCUT2D eigenvalue weighted by Crippen LogP contribution is 2.29. The summed E-state index contributed by atoms with van der Waals surface area (Å²) < 4.78 is 36.9. The Kier molecular flexibility index (Phi) is 7.04. The van der Waals surface area contributed by atoms with Crippen molar-refractivity contribution >= 4 is 12.1 Å². The molecule has 0 saturated carbocycles. The van der Waals surface area contributed by atoms with Crippen LogP contribution in [0.1, 0.15) is 49.0 Å². The molecule has 0 aliphatic carbocycles. The summed E-state index contributed by atoms with van der Waals surface area (Å²) in [7, 11) is 0. The number of ketones is 1. The van der Waals surface area contributed by atoms with E-state index in [-0.39, 0.29) is 25.2 Å². The van der Waals surface area contributed by atoms with Gasteiger partial charge in [-0.2, -0.15) is 13.2 Å². The highest BCUT2D eigenvalue weighted by Gasteiger charge is 2.30. The molecule has 0 aliphatic heterocycles. The van der Waals surface area contributed by atoms with Gasteiger partial charge in [-0.25, -0.2) is 0 Å². The van der Waals surface area contributed by atoms with Crippen LogP contribution in [0.4, 0.5) is 13.2 Å². The smallest absolute Gasteiger partial charge is 0.303 e. The molecule has 0 amide bonds. The summed E-state index contributed by atoms with van der Waals surface area (Å²) in [6.07, 6.45) is -1.76. The maximum Gasteiger partial charge on any atom is 0.416 e. The van der Waals surface area contributed by atoms with E-state index in [4.69, 9.17) is 0 Å². The average molecular weight is 274 g/mol. The van der Waals surface area contributed by atoms with Gasteiger partial charge in [0.1, 0.15) is 6.29 Å². The van der Waals surface area contributed by atoms with E-state index in [1.165, 1.54) is 12.1 Å². The van der Waals surface area contributed by atoms with Crippen LogP contribution in [0.2, 0.25) is 0 Å². The maximum absolute atomic E-state index is 12.3. The fourth-order valence-electron chi connectivity index (χ4n) is 1.50. The highest BCUT2D eigenvalue weighted by atomic mass is 19.4. The Bertz CT molecular complexity index is 408. The minimum Gasteiger partial charge on any atom is -0.303 e. The lowest BCUT2D eigenvalue weighted by atomic mass is 10.0. The standard InChI is InChI=1S/C13H13F3O2.CH4/c14-13(15,16)11-7-5-10(6-8-11)12(18)4-2-1-3-9-17;/h5-9H,1-4H2;1H4. The zero-order valence-electron chi connectivity index (χ0n) is 9.67. The van der Waals surface area contributed by atoms with Crippen LogP contribution in [0.5, 0.6) is 0 Å². The van der Waals surface area contributed by atoms with Gasteiger partial charge in [-0.3, -0.25) is 4.79 Å². The summed E-state index contributed by atoms with van der Waals surface area (Å²) >= 11 is 0. The number of carbonyl (C=O) groups excluding carboxylic acids is 2. The largest absolute Gasteiger partial charge is 0.416 e. The summed E-state index contributed by atoms with van der Waals surface area (Å²) in [6, 6.07) is 4.17. The van der Waals surface area contributed by atoms with Gasteiger partial charge < -0.3 is 4.79 Å². The predicted octanol–water partition coefficient (Wildman–Crippen LogP) is 4.28. The van der Waals surface area contributed by atoms with E-state index in [2.05, 4.69) is 0 Å². The van der Waals surface area contributed by atoms with E-state index < -0.39 is 11.7 Å². The van der Waals surface area contributed by atoms with Gasteiger partial charge in [-0.1, -0.05) is 19.6 Å². The molecule has 0 fully saturated rings. The van der Waals surface area contributed by atoms with Crippen LogP contribution < -0.4 is 0 Å². The molecule has 1 rings (SSSR count). The molecule has 19 heavy (non-hydrogen) atoms. The van der Waals surface area contributed by atoms with Crippen molar-refractivity contribution in [2.24, 2.45) is 0 Å². The van der Waals surface area contributed by atoms with Gasteiger partial charge in [-0.15, -0.1) is 0 Å². The number of Topliss-reactive ketones (excluding diaryl/α,β-unsaturated/α-hetero) is 1. The first-order valence-electron chi connectivity index (χ1n) is 5.59. The lowest BCUT2D eigenvalue weighted by molar-refractivity contribution is -0.137. The maximum atomic E-state index is 12.3. The Balaban J connectivity index is 0.00000324. The van der Waals surface area contributed by atoms with E-state index in [1.807, 2.05) is 0 Å². The van der Waals surface area contributed by atoms with E-state index >= 15 is 0 Å². The molecule has 1 aromatic rings. The number of alkyl halides is 3. The van der Waals surface area contributed by atoms with Crippen molar-refractivity contribution in [2.75, 3.05) is 0 Å². The summed E-state index contributed by atoms with van der Waals surface area (Å²) in [5.74, 6) is -0.199. The van der Waals surface area contributed by atoms with Gasteiger partial charge in [0.15, 0.2) is 5.78 Å². The second-order valence-corrected chi connectivity index (χ2v) is 3.91. The van der Waals surface area contributed by atoms with Crippen molar-refractivity contribution < 1.29 is 22.8 Å². The molecule has 0 unspecified atom stereocenters. The van der Waals surface area contributed by atoms with Crippen molar-refractivity contribution in [3.63, 3.8) is 0 Å². The summed E-state index contributed by atoms with van der Waals surface area (Å²) in [6.45, 7) is 0. The normalized spacial score (nSPS) is 10.7. The van der Waals surface area contributed by atoms with Crippen LogP contribution in [0, 0.1) is 0 Å². The predicted molar refractivity (Wildman–Crippen MR) is 67.0 cm³/mol. The molecule has 0 spiro atoms. The minimum absolute atomic E-state index is 0. The lowest BCUT2D eigenvalue weighted by Gasteiger charge is -2.07. The summed E-state index contributed by atoms with van der Waals surface area (Å²) in [4.78, 5) is 21.7. The van der Waals surface area contributed by atoms with Gasteiger partial charge in [0.25, 0.3) is 0 Å². The topological polar surface area (TPSA) is 34.1 Å². The van der Waals surface area contributed by atoms with Gasteiger partial charge in [-0.05, 0) is 25.0 Å². The van der Waals surface area contributed by atoms with Gasteiger partial charge >= 0.3 is 6.18 Å². The first kappa shape index (κ1) is 17.4. The Morgan fingerprint density at radius 2 is 1.68 bits per heavy atom. The number of unbranched alkanes of at least 4 members (excludes halogenated alkanes) is 2. The zero-order chi connectivity index (χ0) is 13.6. The van der Waals surface area contributed by atoms with Gasteiger partial charge in [0.05, 0.1) is 5.56 Å². The number of hydrogen-bond acceptors (Lipinski definition) is 2. The quantitative estimate of drug-likeness (QED) is 0.440. The highest BCUT2D eigenvalue weighted by molar-refractivity contribution is 5.96.